The molecule has 1 heterocycles. The van der Waals surface area contributed by atoms with Gasteiger partial charge in [-0.1, -0.05) is 30.2 Å². The average Bonchev–Trinajstić information content (AvgIpc) is 3.50. The van der Waals surface area contributed by atoms with Gasteiger partial charge in [-0.2, -0.15) is 0 Å². The molecule has 3 amide bonds. The van der Waals surface area contributed by atoms with Gasteiger partial charge in [-0.3, -0.25) is 19.3 Å². The highest BCUT2D eigenvalue weighted by molar-refractivity contribution is 9.10. The molecule has 1 N–H and O–H groups in total. The molecule has 5 aliphatic rings. The summed E-state index contributed by atoms with van der Waals surface area (Å²) in [4.78, 5) is 39.5. The zero-order valence-corrected chi connectivity index (χ0v) is 18.9. The predicted octanol–water partition coefficient (Wildman–Crippen LogP) is 4.65. The van der Waals surface area contributed by atoms with Gasteiger partial charge in [0, 0.05) is 23.1 Å². The Balaban J connectivity index is 1.07. The Morgan fingerprint density at radius 3 is 2.37 bits per heavy atom. The SMILES string of the molecule is O=C(CCCCCN1C(=O)C2C3C=CC(C4CC34)C2C1=O)Nc1ccc(Br)c(Cl)c1. The van der Waals surface area contributed by atoms with E-state index in [1.54, 1.807) is 18.2 Å². The van der Waals surface area contributed by atoms with E-state index in [4.69, 9.17) is 11.6 Å². The Morgan fingerprint density at radius 1 is 1.07 bits per heavy atom. The topological polar surface area (TPSA) is 66.5 Å². The first-order valence-electron chi connectivity index (χ1n) is 10.7. The minimum Gasteiger partial charge on any atom is -0.326 e. The highest BCUT2D eigenvalue weighted by Crippen LogP contribution is 2.65. The zero-order chi connectivity index (χ0) is 21.0. The van der Waals surface area contributed by atoms with Gasteiger partial charge in [0.2, 0.25) is 17.7 Å². The molecule has 1 saturated heterocycles. The lowest BCUT2D eigenvalue weighted by Gasteiger charge is -2.37. The second kappa shape index (κ2) is 7.79. The molecule has 4 aliphatic carbocycles. The Hall–Kier alpha value is -1.66. The highest BCUT2D eigenvalue weighted by atomic mass is 79.9. The number of likely N-dealkylation sites (tertiary alicyclic amines) is 1. The number of anilines is 1. The molecule has 6 unspecified atom stereocenters. The van der Waals surface area contributed by atoms with Crippen molar-refractivity contribution in [3.63, 3.8) is 0 Å². The van der Waals surface area contributed by atoms with Gasteiger partial charge in [0.15, 0.2) is 0 Å². The maximum atomic E-state index is 12.9. The zero-order valence-electron chi connectivity index (χ0n) is 16.5. The van der Waals surface area contributed by atoms with Gasteiger partial charge in [-0.15, -0.1) is 0 Å². The lowest BCUT2D eigenvalue weighted by atomic mass is 9.63. The Morgan fingerprint density at radius 2 is 1.73 bits per heavy atom. The maximum absolute atomic E-state index is 12.9. The molecule has 5 nitrogen and oxygen atoms in total. The molecule has 30 heavy (non-hydrogen) atoms. The predicted molar refractivity (Wildman–Crippen MR) is 118 cm³/mol. The van der Waals surface area contributed by atoms with Crippen molar-refractivity contribution < 1.29 is 14.4 Å². The number of allylic oxidation sites excluding steroid dienone is 2. The quantitative estimate of drug-likeness (QED) is 0.343. The molecule has 1 aliphatic heterocycles. The minimum absolute atomic E-state index is 0.0413. The first-order chi connectivity index (χ1) is 14.5. The second-order valence-electron chi connectivity index (χ2n) is 8.97. The number of benzene rings is 1. The molecular weight excluding hydrogens is 468 g/mol. The summed E-state index contributed by atoms with van der Waals surface area (Å²) in [6.45, 7) is 0.476. The third-order valence-electron chi connectivity index (χ3n) is 7.24. The van der Waals surface area contributed by atoms with Crippen LogP contribution in [-0.4, -0.2) is 29.2 Å². The van der Waals surface area contributed by atoms with E-state index in [-0.39, 0.29) is 41.4 Å². The van der Waals surface area contributed by atoms with Crippen LogP contribution >= 0.6 is 27.5 Å². The number of unbranched alkanes of at least 4 members (excludes halogenated alkanes) is 2. The van der Waals surface area contributed by atoms with E-state index in [0.717, 1.165) is 23.7 Å². The van der Waals surface area contributed by atoms with E-state index in [9.17, 15) is 14.4 Å². The van der Waals surface area contributed by atoms with Crippen molar-refractivity contribution >= 4 is 50.9 Å². The molecule has 0 radical (unpaired) electrons. The lowest BCUT2D eigenvalue weighted by Crippen LogP contribution is -2.40. The van der Waals surface area contributed by atoms with Crippen LogP contribution in [0.3, 0.4) is 0 Å². The fraction of sp³-hybridized carbons (Fsp3) is 0.522. The van der Waals surface area contributed by atoms with Crippen molar-refractivity contribution in [3.8, 4) is 0 Å². The normalized spacial score (nSPS) is 32.9. The molecule has 7 heteroatoms. The number of nitrogens with one attached hydrogen (secondary N) is 1. The largest absolute Gasteiger partial charge is 0.326 e. The van der Waals surface area contributed by atoms with Crippen molar-refractivity contribution in [2.24, 2.45) is 35.5 Å². The van der Waals surface area contributed by atoms with E-state index in [1.165, 1.54) is 11.3 Å². The van der Waals surface area contributed by atoms with Gasteiger partial charge in [0.05, 0.1) is 16.9 Å². The van der Waals surface area contributed by atoms with Crippen LogP contribution in [-0.2, 0) is 14.4 Å². The highest BCUT2D eigenvalue weighted by Gasteiger charge is 2.66. The smallest absolute Gasteiger partial charge is 0.233 e. The van der Waals surface area contributed by atoms with E-state index in [1.807, 2.05) is 0 Å². The lowest BCUT2D eigenvalue weighted by molar-refractivity contribution is -0.140. The van der Waals surface area contributed by atoms with Crippen LogP contribution in [0.25, 0.3) is 0 Å². The van der Waals surface area contributed by atoms with Gasteiger partial charge < -0.3 is 5.32 Å². The summed E-state index contributed by atoms with van der Waals surface area (Å²) in [6, 6.07) is 5.30. The molecule has 0 spiro atoms. The van der Waals surface area contributed by atoms with Crippen LogP contribution in [0.5, 0.6) is 0 Å². The molecule has 158 valence electrons. The number of imide groups is 1. The molecule has 2 saturated carbocycles. The summed E-state index contributed by atoms with van der Waals surface area (Å²) in [5.74, 6) is 1.63. The molecule has 3 fully saturated rings. The first kappa shape index (κ1) is 20.3. The molecule has 1 aromatic rings. The van der Waals surface area contributed by atoms with Crippen molar-refractivity contribution in [3.05, 3.63) is 39.8 Å². The number of hydrogen-bond donors (Lipinski definition) is 1. The average molecular weight is 492 g/mol. The van der Waals surface area contributed by atoms with Crippen LogP contribution in [0.15, 0.2) is 34.8 Å². The van der Waals surface area contributed by atoms with Crippen molar-refractivity contribution in [1.82, 2.24) is 4.90 Å². The van der Waals surface area contributed by atoms with Gasteiger partial charge in [-0.05, 0) is 77.1 Å². The van der Waals surface area contributed by atoms with Gasteiger partial charge in [0.25, 0.3) is 0 Å². The Kier molecular flexibility index (Phi) is 5.26. The van der Waals surface area contributed by atoms with Crippen molar-refractivity contribution in [2.75, 3.05) is 11.9 Å². The second-order valence-corrected chi connectivity index (χ2v) is 10.2. The van der Waals surface area contributed by atoms with E-state index in [2.05, 4.69) is 33.4 Å². The van der Waals surface area contributed by atoms with Gasteiger partial charge in [0.1, 0.15) is 0 Å². The van der Waals surface area contributed by atoms with Gasteiger partial charge in [-0.25, -0.2) is 0 Å². The summed E-state index contributed by atoms with van der Waals surface area (Å²) in [6.07, 6.45) is 8.25. The standard InChI is InChI=1S/C23H24BrClN2O3/c24-17-8-5-12(10-18(17)25)26-19(28)4-2-1-3-9-27-22(29)20-13-6-7-14(16-11-15(13)16)21(20)23(27)30/h5-8,10,13-16,20-21H,1-4,9,11H2,(H,26,28). The molecule has 0 aromatic heterocycles. The molecule has 2 bridgehead atoms. The molecule has 1 aromatic carbocycles. The number of rotatable bonds is 7. The Labute approximate surface area is 189 Å². The summed E-state index contributed by atoms with van der Waals surface area (Å²) < 4.78 is 0.786. The van der Waals surface area contributed by atoms with E-state index in [0.29, 0.717) is 35.5 Å². The van der Waals surface area contributed by atoms with Crippen molar-refractivity contribution in [1.29, 1.82) is 0 Å². The molecular formula is C23H24BrClN2O3. The van der Waals surface area contributed by atoms with E-state index < -0.39 is 0 Å². The fourth-order valence-corrected chi connectivity index (χ4v) is 6.20. The van der Waals surface area contributed by atoms with Crippen LogP contribution in [0, 0.1) is 35.5 Å². The van der Waals surface area contributed by atoms with Crippen LogP contribution < -0.4 is 5.32 Å². The maximum Gasteiger partial charge on any atom is 0.233 e. The van der Waals surface area contributed by atoms with E-state index >= 15 is 0 Å². The monoisotopic (exact) mass is 490 g/mol. The summed E-state index contributed by atoms with van der Waals surface area (Å²) in [5.41, 5.74) is 0.672. The summed E-state index contributed by atoms with van der Waals surface area (Å²) >= 11 is 9.37. The number of hydrogen-bond acceptors (Lipinski definition) is 3. The third-order valence-corrected chi connectivity index (χ3v) is 8.48. The third kappa shape index (κ3) is 3.42. The van der Waals surface area contributed by atoms with Crippen molar-refractivity contribution in [2.45, 2.75) is 32.1 Å². The number of carbonyl (C=O) groups excluding carboxylic acids is 3. The number of carbonyl (C=O) groups is 3. The Bertz CT molecular complexity index is 912. The number of halogens is 2. The number of amides is 3. The number of nitrogens with zero attached hydrogens (tertiary/aromatic N) is 1. The first-order valence-corrected chi connectivity index (χ1v) is 11.9. The summed E-state index contributed by atoms with van der Waals surface area (Å²) in [5, 5.41) is 3.40. The van der Waals surface area contributed by atoms with Crippen LogP contribution in [0.1, 0.15) is 32.1 Å². The van der Waals surface area contributed by atoms with Crippen LogP contribution in [0.4, 0.5) is 5.69 Å². The minimum atomic E-state index is -0.111. The molecule has 6 rings (SSSR count). The molecule has 6 atom stereocenters. The summed E-state index contributed by atoms with van der Waals surface area (Å²) in [7, 11) is 0. The van der Waals surface area contributed by atoms with Crippen LogP contribution in [0.2, 0.25) is 5.02 Å². The fourth-order valence-electron chi connectivity index (χ4n) is 5.77. The van der Waals surface area contributed by atoms with Gasteiger partial charge >= 0.3 is 0 Å².